The summed E-state index contributed by atoms with van der Waals surface area (Å²) >= 11 is 0. The molecule has 1 unspecified atom stereocenters. The Morgan fingerprint density at radius 3 is 2.92 bits per heavy atom. The number of rotatable bonds is 0. The molecule has 0 aliphatic carbocycles. The summed E-state index contributed by atoms with van der Waals surface area (Å²) in [4.78, 5) is 0. The van der Waals surface area contributed by atoms with Gasteiger partial charge in [-0.25, -0.2) is 0 Å². The number of ether oxygens (including phenoxy) is 1. The van der Waals surface area contributed by atoms with E-state index in [2.05, 4.69) is 19.9 Å². The Labute approximate surface area is 72.3 Å². The Bertz CT molecular complexity index is 289. The number of anilines is 1. The van der Waals surface area contributed by atoms with Crippen molar-refractivity contribution >= 4 is 5.69 Å². The van der Waals surface area contributed by atoms with Gasteiger partial charge in [0.15, 0.2) is 0 Å². The molecule has 2 rings (SSSR count). The van der Waals surface area contributed by atoms with E-state index in [0.717, 1.165) is 17.9 Å². The van der Waals surface area contributed by atoms with Gasteiger partial charge in [-0.05, 0) is 25.5 Å². The first-order valence-corrected chi connectivity index (χ1v) is 4.23. The fourth-order valence-electron chi connectivity index (χ4n) is 1.67. The molecule has 2 heteroatoms. The first kappa shape index (κ1) is 7.47. The molecular weight excluding hydrogens is 150 g/mol. The van der Waals surface area contributed by atoms with Crippen molar-refractivity contribution in [1.29, 1.82) is 0 Å². The van der Waals surface area contributed by atoms with Gasteiger partial charge in [0.2, 0.25) is 0 Å². The fraction of sp³-hybridized carbons (Fsp3) is 0.400. The minimum absolute atomic E-state index is 0.281. The maximum absolute atomic E-state index is 5.78. The standard InChI is InChI=1S/C10H13NO/c1-6-3-4-9(11)10-8(6)5-7(2)12-10/h3-4,7H,5,11H2,1-2H3. The lowest BCUT2D eigenvalue weighted by atomic mass is 10.0. The molecule has 0 fully saturated rings. The molecule has 0 radical (unpaired) electrons. The van der Waals surface area contributed by atoms with Crippen LogP contribution in [0.5, 0.6) is 5.75 Å². The number of nitrogens with two attached hydrogens (primary N) is 1. The van der Waals surface area contributed by atoms with Crippen LogP contribution in [-0.2, 0) is 6.42 Å². The molecule has 1 aromatic rings. The van der Waals surface area contributed by atoms with Crippen LogP contribution >= 0.6 is 0 Å². The zero-order valence-electron chi connectivity index (χ0n) is 7.42. The molecule has 1 atom stereocenters. The van der Waals surface area contributed by atoms with Crippen molar-refractivity contribution in [3.8, 4) is 5.75 Å². The highest BCUT2D eigenvalue weighted by Gasteiger charge is 2.22. The third kappa shape index (κ3) is 0.951. The van der Waals surface area contributed by atoms with E-state index < -0.39 is 0 Å². The zero-order valence-corrected chi connectivity index (χ0v) is 7.42. The average Bonchev–Trinajstić information content (AvgIpc) is 2.41. The summed E-state index contributed by atoms with van der Waals surface area (Å²) in [7, 11) is 0. The summed E-state index contributed by atoms with van der Waals surface area (Å²) in [6.45, 7) is 4.17. The van der Waals surface area contributed by atoms with Crippen LogP contribution in [0, 0.1) is 6.92 Å². The highest BCUT2D eigenvalue weighted by Crippen LogP contribution is 2.36. The van der Waals surface area contributed by atoms with Crippen LogP contribution < -0.4 is 10.5 Å². The van der Waals surface area contributed by atoms with Crippen LogP contribution in [0.1, 0.15) is 18.1 Å². The second-order valence-electron chi connectivity index (χ2n) is 3.41. The summed E-state index contributed by atoms with van der Waals surface area (Å²) in [5.74, 6) is 0.905. The number of aryl methyl sites for hydroxylation is 1. The lowest BCUT2D eigenvalue weighted by molar-refractivity contribution is 0.256. The molecule has 0 spiro atoms. The van der Waals surface area contributed by atoms with Crippen LogP contribution in [0.4, 0.5) is 5.69 Å². The van der Waals surface area contributed by atoms with Crippen LogP contribution in [0.3, 0.4) is 0 Å². The molecule has 0 bridgehead atoms. The van der Waals surface area contributed by atoms with E-state index in [9.17, 15) is 0 Å². The van der Waals surface area contributed by atoms with Crippen molar-refractivity contribution in [3.05, 3.63) is 23.3 Å². The molecule has 1 aliphatic rings. The first-order chi connectivity index (χ1) is 5.68. The van der Waals surface area contributed by atoms with Crippen LogP contribution in [0.2, 0.25) is 0 Å². The van der Waals surface area contributed by atoms with Crippen molar-refractivity contribution in [1.82, 2.24) is 0 Å². The predicted octanol–water partition coefficient (Wildman–Crippen LogP) is 1.90. The van der Waals surface area contributed by atoms with E-state index in [1.807, 2.05) is 6.07 Å². The van der Waals surface area contributed by atoms with Crippen LogP contribution in [-0.4, -0.2) is 6.10 Å². The summed E-state index contributed by atoms with van der Waals surface area (Å²) in [5, 5.41) is 0. The van der Waals surface area contributed by atoms with Gasteiger partial charge in [-0.2, -0.15) is 0 Å². The maximum atomic E-state index is 5.78. The molecule has 1 aliphatic heterocycles. The summed E-state index contributed by atoms with van der Waals surface area (Å²) < 4.78 is 5.59. The number of fused-ring (bicyclic) bond motifs is 1. The Balaban J connectivity index is 2.56. The van der Waals surface area contributed by atoms with Gasteiger partial charge in [0, 0.05) is 12.0 Å². The predicted molar refractivity (Wildman–Crippen MR) is 49.4 cm³/mol. The minimum atomic E-state index is 0.281. The van der Waals surface area contributed by atoms with E-state index in [0.29, 0.717) is 0 Å². The van der Waals surface area contributed by atoms with E-state index in [1.165, 1.54) is 11.1 Å². The molecule has 0 saturated heterocycles. The van der Waals surface area contributed by atoms with Gasteiger partial charge < -0.3 is 10.5 Å². The van der Waals surface area contributed by atoms with Gasteiger partial charge in [0.25, 0.3) is 0 Å². The number of hydrogen-bond donors (Lipinski definition) is 1. The maximum Gasteiger partial charge on any atom is 0.146 e. The Morgan fingerprint density at radius 2 is 2.25 bits per heavy atom. The Kier molecular flexibility index (Phi) is 1.50. The third-order valence-corrected chi connectivity index (χ3v) is 2.34. The second-order valence-corrected chi connectivity index (χ2v) is 3.41. The van der Waals surface area contributed by atoms with Crippen molar-refractivity contribution < 1.29 is 4.74 Å². The number of benzene rings is 1. The van der Waals surface area contributed by atoms with E-state index in [4.69, 9.17) is 10.5 Å². The van der Waals surface area contributed by atoms with E-state index >= 15 is 0 Å². The van der Waals surface area contributed by atoms with E-state index in [-0.39, 0.29) is 6.10 Å². The summed E-state index contributed by atoms with van der Waals surface area (Å²) in [6.07, 6.45) is 1.27. The molecule has 64 valence electrons. The smallest absolute Gasteiger partial charge is 0.146 e. The molecule has 2 nitrogen and oxygen atoms in total. The molecule has 1 heterocycles. The summed E-state index contributed by atoms with van der Waals surface area (Å²) in [5.41, 5.74) is 9.10. The monoisotopic (exact) mass is 163 g/mol. The number of hydrogen-bond acceptors (Lipinski definition) is 2. The van der Waals surface area contributed by atoms with Crippen molar-refractivity contribution in [2.75, 3.05) is 5.73 Å². The van der Waals surface area contributed by atoms with Crippen molar-refractivity contribution in [3.63, 3.8) is 0 Å². The van der Waals surface area contributed by atoms with Gasteiger partial charge in [-0.15, -0.1) is 0 Å². The van der Waals surface area contributed by atoms with Gasteiger partial charge in [-0.1, -0.05) is 6.07 Å². The molecular formula is C10H13NO. The molecule has 2 N–H and O–H groups in total. The molecule has 0 amide bonds. The largest absolute Gasteiger partial charge is 0.488 e. The fourth-order valence-corrected chi connectivity index (χ4v) is 1.67. The highest BCUT2D eigenvalue weighted by molar-refractivity contribution is 5.61. The van der Waals surface area contributed by atoms with Crippen LogP contribution in [0.15, 0.2) is 12.1 Å². The Morgan fingerprint density at radius 1 is 1.50 bits per heavy atom. The third-order valence-electron chi connectivity index (χ3n) is 2.34. The topological polar surface area (TPSA) is 35.2 Å². The Hall–Kier alpha value is -1.18. The summed E-state index contributed by atoms with van der Waals surface area (Å²) in [6, 6.07) is 3.96. The lowest BCUT2D eigenvalue weighted by Gasteiger charge is -2.05. The molecule has 1 aromatic carbocycles. The van der Waals surface area contributed by atoms with Gasteiger partial charge in [0.1, 0.15) is 11.9 Å². The van der Waals surface area contributed by atoms with Gasteiger partial charge >= 0.3 is 0 Å². The lowest BCUT2D eigenvalue weighted by Crippen LogP contribution is -2.05. The normalized spacial score (nSPS) is 20.3. The van der Waals surface area contributed by atoms with Crippen molar-refractivity contribution in [2.24, 2.45) is 0 Å². The number of nitrogen functional groups attached to an aromatic ring is 1. The molecule has 0 saturated carbocycles. The second kappa shape index (κ2) is 2.41. The highest BCUT2D eigenvalue weighted by atomic mass is 16.5. The van der Waals surface area contributed by atoms with Crippen molar-refractivity contribution in [2.45, 2.75) is 26.4 Å². The first-order valence-electron chi connectivity index (χ1n) is 4.23. The molecule has 12 heavy (non-hydrogen) atoms. The SMILES string of the molecule is Cc1ccc(N)c2c1CC(C)O2. The van der Waals surface area contributed by atoms with Crippen LogP contribution in [0.25, 0.3) is 0 Å². The van der Waals surface area contributed by atoms with E-state index in [1.54, 1.807) is 0 Å². The average molecular weight is 163 g/mol. The zero-order chi connectivity index (χ0) is 8.72. The van der Waals surface area contributed by atoms with Gasteiger partial charge in [0.05, 0.1) is 5.69 Å². The molecule has 0 aromatic heterocycles. The minimum Gasteiger partial charge on any atom is -0.488 e. The van der Waals surface area contributed by atoms with Gasteiger partial charge in [-0.3, -0.25) is 0 Å². The quantitative estimate of drug-likeness (QED) is 0.593.